The van der Waals surface area contributed by atoms with E-state index in [1.54, 1.807) is 6.92 Å². The van der Waals surface area contributed by atoms with Gasteiger partial charge in [0.15, 0.2) is 0 Å². The van der Waals surface area contributed by atoms with E-state index < -0.39 is 17.9 Å². The summed E-state index contributed by atoms with van der Waals surface area (Å²) in [6.07, 6.45) is -0.183. The first-order valence-corrected chi connectivity index (χ1v) is 5.34. The molecule has 1 aliphatic rings. The summed E-state index contributed by atoms with van der Waals surface area (Å²) in [5, 5.41) is 10.9. The molecular formula is C12H13NaO6. The van der Waals surface area contributed by atoms with Gasteiger partial charge < -0.3 is 19.4 Å². The zero-order chi connectivity index (χ0) is 13.9. The standard InChI is InChI=1S/C12H14O6.Na/c1-4-18-11(15)7-5-8(10(13)14)9(6(7)2)12(16)17-3;/h4-5H2,1-3H3,(H,13,14);/q;+1/p-1. The second-order valence-electron chi connectivity index (χ2n) is 3.63. The Morgan fingerprint density at radius 1 is 1.21 bits per heavy atom. The van der Waals surface area contributed by atoms with Crippen molar-refractivity contribution < 1.29 is 58.5 Å². The van der Waals surface area contributed by atoms with Gasteiger partial charge in [-0.1, -0.05) is 0 Å². The third-order valence-corrected chi connectivity index (χ3v) is 2.64. The van der Waals surface area contributed by atoms with Crippen LogP contribution in [0.4, 0.5) is 0 Å². The molecule has 7 heteroatoms. The van der Waals surface area contributed by atoms with E-state index in [2.05, 4.69) is 4.74 Å². The molecule has 1 aliphatic carbocycles. The maximum atomic E-state index is 11.6. The molecule has 0 spiro atoms. The van der Waals surface area contributed by atoms with Gasteiger partial charge >= 0.3 is 41.5 Å². The number of methoxy groups -OCH3 is 1. The van der Waals surface area contributed by atoms with Crippen LogP contribution in [0.25, 0.3) is 0 Å². The summed E-state index contributed by atoms with van der Waals surface area (Å²) >= 11 is 0. The van der Waals surface area contributed by atoms with Crippen LogP contribution in [-0.4, -0.2) is 31.6 Å². The van der Waals surface area contributed by atoms with Crippen LogP contribution in [0.2, 0.25) is 0 Å². The number of hydrogen-bond acceptors (Lipinski definition) is 6. The van der Waals surface area contributed by atoms with Crippen molar-refractivity contribution in [1.82, 2.24) is 0 Å². The van der Waals surface area contributed by atoms with E-state index in [9.17, 15) is 19.5 Å². The Morgan fingerprint density at radius 2 is 1.79 bits per heavy atom. The second kappa shape index (κ2) is 7.47. The first-order valence-electron chi connectivity index (χ1n) is 5.34. The maximum Gasteiger partial charge on any atom is 1.00 e. The predicted molar refractivity (Wildman–Crippen MR) is 58.0 cm³/mol. The van der Waals surface area contributed by atoms with Crippen molar-refractivity contribution in [2.75, 3.05) is 13.7 Å². The Balaban J connectivity index is 0.00000324. The number of carboxylic acid groups (broad SMARTS) is 1. The van der Waals surface area contributed by atoms with Crippen LogP contribution in [0.1, 0.15) is 20.3 Å². The summed E-state index contributed by atoms with van der Waals surface area (Å²) in [4.78, 5) is 34.1. The Hall–Kier alpha value is -1.11. The van der Waals surface area contributed by atoms with Gasteiger partial charge in [0, 0.05) is 12.0 Å². The zero-order valence-corrected chi connectivity index (χ0v) is 13.4. The molecule has 0 saturated heterocycles. The number of carboxylic acids is 1. The fourth-order valence-corrected chi connectivity index (χ4v) is 1.77. The quantitative estimate of drug-likeness (QED) is 0.390. The van der Waals surface area contributed by atoms with Crippen molar-refractivity contribution in [3.05, 3.63) is 22.3 Å². The van der Waals surface area contributed by atoms with Crippen molar-refractivity contribution in [1.29, 1.82) is 0 Å². The summed E-state index contributed by atoms with van der Waals surface area (Å²) in [6, 6.07) is 0. The molecule has 0 aliphatic heterocycles. The Bertz CT molecular complexity index is 475. The average molecular weight is 276 g/mol. The summed E-state index contributed by atoms with van der Waals surface area (Å²) in [7, 11) is 1.14. The molecule has 19 heavy (non-hydrogen) atoms. The van der Waals surface area contributed by atoms with Gasteiger partial charge in [0.05, 0.1) is 25.3 Å². The summed E-state index contributed by atoms with van der Waals surface area (Å²) in [5.41, 5.74) is 0.0407. The molecule has 0 aromatic carbocycles. The fraction of sp³-hybridized carbons (Fsp3) is 0.417. The SMILES string of the molecule is CCOC(=O)C1=C(C)C(C(=O)OC)=C(C(=O)[O-])C1.[Na+]. The van der Waals surface area contributed by atoms with E-state index in [4.69, 9.17) is 4.74 Å². The molecule has 0 amide bonds. The third-order valence-electron chi connectivity index (χ3n) is 2.64. The summed E-state index contributed by atoms with van der Waals surface area (Å²) in [6.45, 7) is 3.29. The topological polar surface area (TPSA) is 92.7 Å². The van der Waals surface area contributed by atoms with Crippen molar-refractivity contribution in [2.24, 2.45) is 0 Å². The molecule has 0 fully saturated rings. The van der Waals surface area contributed by atoms with Crippen molar-refractivity contribution >= 4 is 17.9 Å². The van der Waals surface area contributed by atoms with Crippen LogP contribution >= 0.6 is 0 Å². The monoisotopic (exact) mass is 276 g/mol. The van der Waals surface area contributed by atoms with Gasteiger partial charge in [-0.2, -0.15) is 0 Å². The van der Waals surface area contributed by atoms with E-state index in [0.29, 0.717) is 0 Å². The minimum absolute atomic E-state index is 0. The number of hydrogen-bond donors (Lipinski definition) is 0. The number of rotatable bonds is 4. The minimum atomic E-state index is -1.49. The van der Waals surface area contributed by atoms with E-state index >= 15 is 0 Å². The maximum absolute atomic E-state index is 11.6. The van der Waals surface area contributed by atoms with Crippen LogP contribution < -0.4 is 34.7 Å². The molecular weight excluding hydrogens is 263 g/mol. The Labute approximate surface area is 132 Å². The number of esters is 2. The van der Waals surface area contributed by atoms with E-state index in [0.717, 1.165) is 7.11 Å². The largest absolute Gasteiger partial charge is 1.00 e. The molecule has 0 N–H and O–H groups in total. The molecule has 0 unspecified atom stereocenters. The molecule has 0 aromatic heterocycles. The summed E-state index contributed by atoms with van der Waals surface area (Å²) in [5.74, 6) is -2.92. The molecule has 0 saturated carbocycles. The van der Waals surface area contributed by atoms with Crippen LogP contribution in [-0.2, 0) is 23.9 Å². The zero-order valence-electron chi connectivity index (χ0n) is 11.4. The predicted octanol–water partition coefficient (Wildman–Crippen LogP) is -3.51. The molecule has 0 aromatic rings. The van der Waals surface area contributed by atoms with Gasteiger partial charge in [-0.15, -0.1) is 0 Å². The fourth-order valence-electron chi connectivity index (χ4n) is 1.77. The van der Waals surface area contributed by atoms with E-state index in [1.165, 1.54) is 6.92 Å². The molecule has 0 atom stereocenters. The number of carbonyl (C=O) groups is 3. The summed E-state index contributed by atoms with van der Waals surface area (Å²) < 4.78 is 9.30. The van der Waals surface area contributed by atoms with Crippen LogP contribution in [0, 0.1) is 0 Å². The van der Waals surface area contributed by atoms with Gasteiger partial charge in [-0.05, 0) is 25.0 Å². The van der Waals surface area contributed by atoms with Gasteiger partial charge in [-0.25, -0.2) is 9.59 Å². The first-order chi connectivity index (χ1) is 8.43. The molecule has 98 valence electrons. The smallest absolute Gasteiger partial charge is 0.545 e. The normalized spacial score (nSPS) is 14.1. The number of ether oxygens (including phenoxy) is 2. The molecule has 1 rings (SSSR count). The van der Waals surface area contributed by atoms with Crippen LogP contribution in [0.5, 0.6) is 0 Å². The van der Waals surface area contributed by atoms with Gasteiger partial charge in [0.1, 0.15) is 0 Å². The average Bonchev–Trinajstić information content (AvgIpc) is 2.66. The third kappa shape index (κ3) is 3.68. The minimum Gasteiger partial charge on any atom is -0.545 e. The molecule has 6 nitrogen and oxygen atoms in total. The first kappa shape index (κ1) is 17.9. The van der Waals surface area contributed by atoms with Crippen LogP contribution in [0.3, 0.4) is 0 Å². The van der Waals surface area contributed by atoms with Crippen molar-refractivity contribution in [3.8, 4) is 0 Å². The van der Waals surface area contributed by atoms with Crippen molar-refractivity contribution in [3.63, 3.8) is 0 Å². The number of aliphatic carboxylic acids is 1. The van der Waals surface area contributed by atoms with E-state index in [1.807, 2.05) is 0 Å². The number of carbonyl (C=O) groups excluding carboxylic acids is 3. The van der Waals surface area contributed by atoms with Gasteiger partial charge in [0.2, 0.25) is 0 Å². The Kier molecular flexibility index (Phi) is 7.04. The van der Waals surface area contributed by atoms with Crippen molar-refractivity contribution in [2.45, 2.75) is 20.3 Å². The molecule has 0 radical (unpaired) electrons. The Morgan fingerprint density at radius 3 is 2.21 bits per heavy atom. The van der Waals surface area contributed by atoms with E-state index in [-0.39, 0.29) is 64.9 Å². The molecule has 0 heterocycles. The second-order valence-corrected chi connectivity index (χ2v) is 3.63. The van der Waals surface area contributed by atoms with Crippen LogP contribution in [0.15, 0.2) is 22.3 Å². The molecule has 0 bridgehead atoms. The van der Waals surface area contributed by atoms with Gasteiger partial charge in [-0.3, -0.25) is 0 Å². The van der Waals surface area contributed by atoms with Gasteiger partial charge in [0.25, 0.3) is 0 Å².